The van der Waals surface area contributed by atoms with Crippen LogP contribution in [-0.4, -0.2) is 39.6 Å². The summed E-state index contributed by atoms with van der Waals surface area (Å²) in [6, 6.07) is 3.24. The molecule has 0 saturated carbocycles. The van der Waals surface area contributed by atoms with E-state index in [0.717, 1.165) is 5.01 Å². The Morgan fingerprint density at radius 2 is 2.19 bits per heavy atom. The maximum absolute atomic E-state index is 12.6. The van der Waals surface area contributed by atoms with Crippen LogP contribution in [0.25, 0.3) is 0 Å². The minimum atomic E-state index is -0.658. The Bertz CT molecular complexity index is 837. The molecule has 2 amide bonds. The van der Waals surface area contributed by atoms with Crippen molar-refractivity contribution in [2.75, 3.05) is 22.5 Å². The van der Waals surface area contributed by atoms with Crippen LogP contribution >= 0.6 is 11.3 Å². The van der Waals surface area contributed by atoms with Gasteiger partial charge in [0.15, 0.2) is 17.7 Å². The molecule has 1 atom stereocenters. The summed E-state index contributed by atoms with van der Waals surface area (Å²) in [5, 5.41) is 11.9. The molecule has 0 spiro atoms. The van der Waals surface area contributed by atoms with Crippen LogP contribution in [0.5, 0.6) is 5.75 Å². The number of hydrogen-bond donors (Lipinski definition) is 2. The molecule has 3 N–H and O–H groups in total. The van der Waals surface area contributed by atoms with Gasteiger partial charge in [0.25, 0.3) is 5.91 Å². The van der Waals surface area contributed by atoms with Crippen molar-refractivity contribution in [3.8, 4) is 5.75 Å². The fraction of sp³-hybridized carbons (Fsp3) is 0.438. The van der Waals surface area contributed by atoms with Crippen LogP contribution in [0.2, 0.25) is 0 Å². The Hall–Kier alpha value is -2.75. The Morgan fingerprint density at radius 3 is 2.85 bits per heavy atom. The summed E-state index contributed by atoms with van der Waals surface area (Å²) >= 11 is 1.31. The molecule has 0 radical (unpaired) electrons. The minimum absolute atomic E-state index is 0.210. The largest absolute Gasteiger partial charge is 0.477 e. The van der Waals surface area contributed by atoms with Gasteiger partial charge in [-0.25, -0.2) is 4.98 Å². The van der Waals surface area contributed by atoms with Gasteiger partial charge in [-0.15, -0.1) is 10.2 Å². The number of rotatable bonds is 5. The number of carbonyl (C=O) groups excluding carboxylic acids is 2. The van der Waals surface area contributed by atoms with Crippen LogP contribution < -0.4 is 20.7 Å². The number of anilines is 3. The van der Waals surface area contributed by atoms with E-state index in [4.69, 9.17) is 10.5 Å². The number of pyridine rings is 1. The van der Waals surface area contributed by atoms with E-state index in [0.29, 0.717) is 17.3 Å². The molecule has 1 aliphatic rings. The molecule has 138 valence electrons. The van der Waals surface area contributed by atoms with Gasteiger partial charge in [0, 0.05) is 5.92 Å². The third kappa shape index (κ3) is 3.59. The summed E-state index contributed by atoms with van der Waals surface area (Å²) in [6.07, 6.45) is -0.177. The lowest BCUT2D eigenvalue weighted by Gasteiger charge is -2.32. The molecule has 26 heavy (non-hydrogen) atoms. The third-order valence-corrected chi connectivity index (χ3v) is 4.92. The minimum Gasteiger partial charge on any atom is -0.477 e. The van der Waals surface area contributed by atoms with E-state index in [1.165, 1.54) is 16.2 Å². The maximum atomic E-state index is 12.6. The highest BCUT2D eigenvalue weighted by atomic mass is 32.1. The number of fused-ring (bicyclic) bond motifs is 1. The molecule has 1 aliphatic heterocycles. The summed E-state index contributed by atoms with van der Waals surface area (Å²) < 4.78 is 5.65. The first-order valence-corrected chi connectivity index (χ1v) is 9.08. The average molecular weight is 376 g/mol. The fourth-order valence-corrected chi connectivity index (χ4v) is 3.21. The molecule has 3 heterocycles. The van der Waals surface area contributed by atoms with Gasteiger partial charge in [0.2, 0.25) is 11.0 Å². The van der Waals surface area contributed by atoms with Gasteiger partial charge in [-0.05, 0) is 18.6 Å². The number of nitrogens with two attached hydrogens (primary N) is 1. The smallest absolute Gasteiger partial charge is 0.269 e. The number of amides is 2. The van der Waals surface area contributed by atoms with Crippen molar-refractivity contribution in [2.45, 2.75) is 39.2 Å². The van der Waals surface area contributed by atoms with E-state index in [2.05, 4.69) is 20.5 Å². The highest BCUT2D eigenvalue weighted by Gasteiger charge is 2.35. The zero-order valence-electron chi connectivity index (χ0n) is 14.7. The second kappa shape index (κ2) is 7.24. The van der Waals surface area contributed by atoms with Crippen molar-refractivity contribution < 1.29 is 14.3 Å². The highest BCUT2D eigenvalue weighted by molar-refractivity contribution is 7.15. The summed E-state index contributed by atoms with van der Waals surface area (Å²) in [4.78, 5) is 30.5. The van der Waals surface area contributed by atoms with Gasteiger partial charge in [-0.1, -0.05) is 32.1 Å². The molecule has 2 aromatic rings. The number of nitrogens with one attached hydrogen (secondary N) is 1. The second-order valence-corrected chi connectivity index (χ2v) is 7.15. The fourth-order valence-electron chi connectivity index (χ4n) is 2.45. The highest BCUT2D eigenvalue weighted by Crippen LogP contribution is 2.33. The van der Waals surface area contributed by atoms with E-state index in [1.807, 2.05) is 20.8 Å². The first-order chi connectivity index (χ1) is 12.4. The molecule has 9 nitrogen and oxygen atoms in total. The number of nitrogen functional groups attached to an aromatic ring is 1. The second-order valence-electron chi connectivity index (χ2n) is 6.15. The van der Waals surface area contributed by atoms with E-state index < -0.39 is 12.0 Å². The Balaban J connectivity index is 1.79. The van der Waals surface area contributed by atoms with Crippen LogP contribution in [-0.2, 0) is 9.59 Å². The molecule has 10 heteroatoms. The molecule has 2 aromatic heterocycles. The quantitative estimate of drug-likeness (QED) is 0.815. The normalized spacial score (nSPS) is 16.4. The van der Waals surface area contributed by atoms with Crippen molar-refractivity contribution >= 4 is 39.9 Å². The van der Waals surface area contributed by atoms with Crippen LogP contribution in [0.3, 0.4) is 0 Å². The molecule has 0 fully saturated rings. The van der Waals surface area contributed by atoms with Gasteiger partial charge in [-0.2, -0.15) is 0 Å². The van der Waals surface area contributed by atoms with Crippen LogP contribution in [0.1, 0.15) is 38.1 Å². The Morgan fingerprint density at radius 1 is 1.42 bits per heavy atom. The van der Waals surface area contributed by atoms with Crippen molar-refractivity contribution in [1.82, 2.24) is 15.2 Å². The summed E-state index contributed by atoms with van der Waals surface area (Å²) in [7, 11) is 0. The monoisotopic (exact) mass is 376 g/mol. The summed E-state index contributed by atoms with van der Waals surface area (Å²) in [6.45, 7) is 5.62. The first-order valence-electron chi connectivity index (χ1n) is 8.26. The van der Waals surface area contributed by atoms with Crippen molar-refractivity contribution in [3.63, 3.8) is 0 Å². The van der Waals surface area contributed by atoms with E-state index in [-0.39, 0.29) is 30.0 Å². The zero-order valence-corrected chi connectivity index (χ0v) is 15.5. The van der Waals surface area contributed by atoms with Gasteiger partial charge < -0.3 is 10.5 Å². The molecular formula is C16H20N6O3S. The van der Waals surface area contributed by atoms with Crippen molar-refractivity contribution in [2.24, 2.45) is 0 Å². The molecule has 3 rings (SSSR count). The zero-order chi connectivity index (χ0) is 18.8. The van der Waals surface area contributed by atoms with E-state index in [1.54, 1.807) is 12.1 Å². The number of carbonyl (C=O) groups is 2. The van der Waals surface area contributed by atoms with Crippen molar-refractivity contribution in [3.05, 3.63) is 17.1 Å². The lowest BCUT2D eigenvalue weighted by molar-refractivity contribution is -0.128. The van der Waals surface area contributed by atoms with E-state index in [9.17, 15) is 9.59 Å². The molecule has 0 aliphatic carbocycles. The lowest BCUT2D eigenvalue weighted by atomic mass is 10.2. The van der Waals surface area contributed by atoms with Gasteiger partial charge in [0.1, 0.15) is 17.4 Å². The first kappa shape index (κ1) is 18.1. The number of ether oxygens (including phenoxy) is 1. The average Bonchev–Trinajstić information content (AvgIpc) is 3.06. The Kier molecular flexibility index (Phi) is 5.03. The maximum Gasteiger partial charge on any atom is 0.269 e. The van der Waals surface area contributed by atoms with Crippen molar-refractivity contribution in [1.29, 1.82) is 0 Å². The van der Waals surface area contributed by atoms with E-state index >= 15 is 0 Å². The standard InChI is InChI=1S/C16H20N6O3S/c1-4-9-15(24)22(13-10(25-9)5-6-11(17)18-13)7-12(23)19-16-21-20-14(26-16)8(2)3/h5-6,8-9H,4,7H2,1-3H3,(H2,17,18)(H,19,21,23). The van der Waals surface area contributed by atoms with Crippen LogP contribution in [0, 0.1) is 0 Å². The molecule has 0 bridgehead atoms. The summed E-state index contributed by atoms with van der Waals surface area (Å²) in [5.41, 5.74) is 5.72. The van der Waals surface area contributed by atoms with Crippen LogP contribution in [0.15, 0.2) is 12.1 Å². The third-order valence-electron chi connectivity index (χ3n) is 3.78. The SMILES string of the molecule is CCC1Oc2ccc(N)nc2N(CC(=O)Nc2nnc(C(C)C)s2)C1=O. The number of hydrogen-bond acceptors (Lipinski definition) is 8. The summed E-state index contributed by atoms with van der Waals surface area (Å²) in [5.74, 6) is 0.422. The van der Waals surface area contributed by atoms with Gasteiger partial charge in [0.05, 0.1) is 0 Å². The number of aromatic nitrogens is 3. The molecule has 0 saturated heterocycles. The topological polar surface area (TPSA) is 123 Å². The predicted molar refractivity (Wildman–Crippen MR) is 98.3 cm³/mol. The van der Waals surface area contributed by atoms with Gasteiger partial charge in [-0.3, -0.25) is 19.8 Å². The lowest BCUT2D eigenvalue weighted by Crippen LogP contribution is -2.49. The number of nitrogens with zero attached hydrogens (tertiary/aromatic N) is 4. The van der Waals surface area contributed by atoms with Crippen LogP contribution in [0.4, 0.5) is 16.8 Å². The van der Waals surface area contributed by atoms with Gasteiger partial charge >= 0.3 is 0 Å². The molecular weight excluding hydrogens is 356 g/mol. The Labute approximate surface area is 154 Å². The molecule has 1 unspecified atom stereocenters. The molecule has 0 aromatic carbocycles. The predicted octanol–water partition coefficient (Wildman–Crippen LogP) is 1.78.